The second-order valence-corrected chi connectivity index (χ2v) is 7.33. The quantitative estimate of drug-likeness (QED) is 0.381. The first-order valence-electron chi connectivity index (χ1n) is 9.73. The smallest absolute Gasteiger partial charge is 0.191 e. The first-order chi connectivity index (χ1) is 12.3. The molecule has 0 radical (unpaired) electrons. The van der Waals surface area contributed by atoms with Gasteiger partial charge in [-0.05, 0) is 38.4 Å². The van der Waals surface area contributed by atoms with Gasteiger partial charge >= 0.3 is 0 Å². The molecule has 26 heavy (non-hydrogen) atoms. The third-order valence-corrected chi connectivity index (χ3v) is 5.58. The molecule has 0 spiro atoms. The minimum atomic E-state index is 0. The molecule has 2 fully saturated rings. The minimum Gasteiger partial charge on any atom is -0.369 e. The van der Waals surface area contributed by atoms with Gasteiger partial charge in [0.1, 0.15) is 0 Å². The third kappa shape index (κ3) is 6.01. The van der Waals surface area contributed by atoms with Crippen LogP contribution in [0.25, 0.3) is 0 Å². The van der Waals surface area contributed by atoms with Crippen LogP contribution in [-0.4, -0.2) is 63.2 Å². The van der Waals surface area contributed by atoms with Crippen LogP contribution in [0, 0.1) is 0 Å². The molecule has 1 saturated carbocycles. The van der Waals surface area contributed by atoms with Crippen LogP contribution < -0.4 is 15.5 Å². The third-order valence-electron chi connectivity index (χ3n) is 5.58. The van der Waals surface area contributed by atoms with Crippen LogP contribution in [0.3, 0.4) is 0 Å². The fraction of sp³-hybridized carbons (Fsp3) is 0.650. The Morgan fingerprint density at radius 3 is 2.62 bits per heavy atom. The second kappa shape index (κ2) is 11.0. The van der Waals surface area contributed by atoms with E-state index in [1.54, 1.807) is 0 Å². The van der Waals surface area contributed by atoms with Gasteiger partial charge in [-0.15, -0.1) is 24.0 Å². The SMILES string of the molecule is CN=C(NCCN(C)C1CCCC1)NC1CCN(c2ccccc2)C1.I. The van der Waals surface area contributed by atoms with Gasteiger partial charge in [-0.1, -0.05) is 31.0 Å². The molecule has 5 nitrogen and oxygen atoms in total. The molecule has 1 atom stereocenters. The van der Waals surface area contributed by atoms with Gasteiger partial charge in [0.25, 0.3) is 0 Å². The molecule has 2 aliphatic rings. The number of anilines is 1. The Bertz CT molecular complexity index is 544. The molecule has 1 aliphatic heterocycles. The number of nitrogens with zero attached hydrogens (tertiary/aromatic N) is 3. The second-order valence-electron chi connectivity index (χ2n) is 7.33. The van der Waals surface area contributed by atoms with Crippen molar-refractivity contribution in [3.05, 3.63) is 30.3 Å². The van der Waals surface area contributed by atoms with Crippen molar-refractivity contribution in [3.8, 4) is 0 Å². The van der Waals surface area contributed by atoms with E-state index in [1.807, 2.05) is 7.05 Å². The maximum atomic E-state index is 4.40. The fourth-order valence-corrected chi connectivity index (χ4v) is 4.02. The highest BCUT2D eigenvalue weighted by Crippen LogP contribution is 2.22. The highest BCUT2D eigenvalue weighted by Gasteiger charge is 2.23. The molecule has 0 amide bonds. The number of para-hydroxylation sites is 1. The molecule has 2 N–H and O–H groups in total. The van der Waals surface area contributed by atoms with Gasteiger partial charge in [0.15, 0.2) is 5.96 Å². The van der Waals surface area contributed by atoms with E-state index < -0.39 is 0 Å². The average molecular weight is 471 g/mol. The Kier molecular flexibility index (Phi) is 8.98. The highest BCUT2D eigenvalue weighted by molar-refractivity contribution is 14.0. The predicted molar refractivity (Wildman–Crippen MR) is 122 cm³/mol. The Labute approximate surface area is 175 Å². The van der Waals surface area contributed by atoms with E-state index in [9.17, 15) is 0 Å². The zero-order valence-corrected chi connectivity index (χ0v) is 18.5. The lowest BCUT2D eigenvalue weighted by Crippen LogP contribution is -2.47. The highest BCUT2D eigenvalue weighted by atomic mass is 127. The van der Waals surface area contributed by atoms with Crippen molar-refractivity contribution in [2.75, 3.05) is 45.2 Å². The van der Waals surface area contributed by atoms with Gasteiger partial charge in [-0.2, -0.15) is 0 Å². The van der Waals surface area contributed by atoms with Crippen molar-refractivity contribution >= 4 is 35.6 Å². The van der Waals surface area contributed by atoms with Gasteiger partial charge in [0, 0.05) is 51.0 Å². The molecule has 0 bridgehead atoms. The van der Waals surface area contributed by atoms with Crippen LogP contribution in [0.4, 0.5) is 5.69 Å². The van der Waals surface area contributed by atoms with E-state index in [2.05, 4.69) is 62.8 Å². The lowest BCUT2D eigenvalue weighted by molar-refractivity contribution is 0.249. The minimum absolute atomic E-state index is 0. The average Bonchev–Trinajstić information content (AvgIpc) is 3.33. The molecule has 6 heteroatoms. The number of nitrogens with one attached hydrogen (secondary N) is 2. The number of rotatable bonds is 6. The van der Waals surface area contributed by atoms with E-state index in [0.29, 0.717) is 6.04 Å². The molecular weight excluding hydrogens is 437 g/mol. The molecule has 0 aromatic heterocycles. The topological polar surface area (TPSA) is 42.9 Å². The van der Waals surface area contributed by atoms with E-state index in [4.69, 9.17) is 0 Å². The maximum absolute atomic E-state index is 4.40. The Morgan fingerprint density at radius 1 is 1.19 bits per heavy atom. The molecule has 1 heterocycles. The summed E-state index contributed by atoms with van der Waals surface area (Å²) in [5.74, 6) is 0.930. The van der Waals surface area contributed by atoms with E-state index >= 15 is 0 Å². The number of hydrogen-bond donors (Lipinski definition) is 2. The molecule has 3 rings (SSSR count). The number of halogens is 1. The molecule has 1 aliphatic carbocycles. The predicted octanol–water partition coefficient (Wildman–Crippen LogP) is 2.92. The summed E-state index contributed by atoms with van der Waals surface area (Å²) in [5, 5.41) is 7.07. The largest absolute Gasteiger partial charge is 0.369 e. The van der Waals surface area contributed by atoms with Crippen molar-refractivity contribution in [3.63, 3.8) is 0 Å². The van der Waals surface area contributed by atoms with Crippen molar-refractivity contribution < 1.29 is 0 Å². The summed E-state index contributed by atoms with van der Waals surface area (Å²) in [6, 6.07) is 11.9. The number of benzene rings is 1. The number of likely N-dealkylation sites (N-methyl/N-ethyl adjacent to an activating group) is 1. The van der Waals surface area contributed by atoms with Crippen molar-refractivity contribution in [1.29, 1.82) is 0 Å². The summed E-state index contributed by atoms with van der Waals surface area (Å²) < 4.78 is 0. The number of hydrogen-bond acceptors (Lipinski definition) is 3. The van der Waals surface area contributed by atoms with Gasteiger partial charge < -0.3 is 20.4 Å². The lowest BCUT2D eigenvalue weighted by Gasteiger charge is -2.25. The van der Waals surface area contributed by atoms with Crippen molar-refractivity contribution in [2.45, 2.75) is 44.2 Å². The Balaban J connectivity index is 0.00000243. The molecule has 146 valence electrons. The standard InChI is InChI=1S/C20H33N5.HI/c1-21-20(22-13-15-24(2)18-8-6-7-9-18)23-17-12-14-25(16-17)19-10-4-3-5-11-19;/h3-5,10-11,17-18H,6-9,12-16H2,1-2H3,(H2,21,22,23);1H. The summed E-state index contributed by atoms with van der Waals surface area (Å²) >= 11 is 0. The van der Waals surface area contributed by atoms with E-state index in [-0.39, 0.29) is 24.0 Å². The molecule has 1 unspecified atom stereocenters. The van der Waals surface area contributed by atoms with Crippen LogP contribution >= 0.6 is 24.0 Å². The summed E-state index contributed by atoms with van der Waals surface area (Å²) in [7, 11) is 4.11. The van der Waals surface area contributed by atoms with Gasteiger partial charge in [0.2, 0.25) is 0 Å². The maximum Gasteiger partial charge on any atom is 0.191 e. The molecule has 1 saturated heterocycles. The van der Waals surface area contributed by atoms with E-state index in [1.165, 1.54) is 31.4 Å². The van der Waals surface area contributed by atoms with Gasteiger partial charge in [-0.3, -0.25) is 4.99 Å². The Hall–Kier alpha value is -1.02. The summed E-state index contributed by atoms with van der Waals surface area (Å²) in [6.45, 7) is 4.16. The first-order valence-corrected chi connectivity index (χ1v) is 9.73. The molecular formula is C20H34IN5. The number of guanidine groups is 1. The van der Waals surface area contributed by atoms with Gasteiger partial charge in [0.05, 0.1) is 0 Å². The molecule has 1 aromatic rings. The van der Waals surface area contributed by atoms with Crippen LogP contribution in [0.15, 0.2) is 35.3 Å². The normalized spacial score (nSPS) is 21.1. The van der Waals surface area contributed by atoms with Crippen molar-refractivity contribution in [1.82, 2.24) is 15.5 Å². The van der Waals surface area contributed by atoms with Crippen LogP contribution in [-0.2, 0) is 0 Å². The van der Waals surface area contributed by atoms with Gasteiger partial charge in [-0.25, -0.2) is 0 Å². The zero-order chi connectivity index (χ0) is 17.5. The zero-order valence-electron chi connectivity index (χ0n) is 16.2. The summed E-state index contributed by atoms with van der Waals surface area (Å²) in [4.78, 5) is 9.34. The van der Waals surface area contributed by atoms with Crippen LogP contribution in [0.1, 0.15) is 32.1 Å². The Morgan fingerprint density at radius 2 is 1.92 bits per heavy atom. The monoisotopic (exact) mass is 471 g/mol. The summed E-state index contributed by atoms with van der Waals surface area (Å²) in [5.41, 5.74) is 1.31. The van der Waals surface area contributed by atoms with Crippen LogP contribution in [0.5, 0.6) is 0 Å². The van der Waals surface area contributed by atoms with E-state index in [0.717, 1.165) is 44.6 Å². The lowest BCUT2D eigenvalue weighted by atomic mass is 10.2. The van der Waals surface area contributed by atoms with Crippen LogP contribution in [0.2, 0.25) is 0 Å². The number of aliphatic imine (C=N–C) groups is 1. The fourth-order valence-electron chi connectivity index (χ4n) is 4.02. The van der Waals surface area contributed by atoms with Crippen molar-refractivity contribution in [2.24, 2.45) is 4.99 Å². The summed E-state index contributed by atoms with van der Waals surface area (Å²) in [6.07, 6.45) is 6.66. The molecule has 1 aromatic carbocycles. The first kappa shape index (κ1) is 21.3.